The molecule has 4 rings (SSSR count). The minimum atomic E-state index is -5.35. The molecule has 36 heavy (non-hydrogen) atoms. The van der Waals surface area contributed by atoms with Gasteiger partial charge in [-0.25, -0.2) is 17.4 Å². The van der Waals surface area contributed by atoms with E-state index in [2.05, 4.69) is 0 Å². The van der Waals surface area contributed by atoms with Crippen LogP contribution >= 0.6 is 18.9 Å². The topological polar surface area (TPSA) is 143 Å². The molecule has 2 atom stereocenters. The largest absolute Gasteiger partial charge is 0.777 e. The Bertz CT molecular complexity index is 1600. The van der Waals surface area contributed by atoms with Crippen LogP contribution in [-0.2, 0) is 21.1 Å². The summed E-state index contributed by atoms with van der Waals surface area (Å²) >= 11 is 0.890. The smallest absolute Gasteiger partial charge is 0.251 e. The molecule has 2 N–H and O–H groups in total. The van der Waals surface area contributed by atoms with E-state index >= 15 is 0 Å². The zero-order valence-corrected chi connectivity index (χ0v) is 21.0. The molecule has 0 radical (unpaired) electrons. The average Bonchev–Trinajstić information content (AvgIpc) is 3.27. The van der Waals surface area contributed by atoms with Crippen LogP contribution < -0.4 is 18.9 Å². The van der Waals surface area contributed by atoms with Crippen molar-refractivity contribution in [3.8, 4) is 11.8 Å². The van der Waals surface area contributed by atoms with E-state index in [9.17, 15) is 27.2 Å². The molecule has 186 valence electrons. The number of sulfonamides is 1. The zero-order valence-electron chi connectivity index (χ0n) is 18.4. The van der Waals surface area contributed by atoms with E-state index in [1.54, 1.807) is 24.3 Å². The Balaban J connectivity index is 1.55. The van der Waals surface area contributed by atoms with E-state index in [-0.39, 0.29) is 15.3 Å². The van der Waals surface area contributed by atoms with Crippen LogP contribution in [0.15, 0.2) is 77.3 Å². The number of fused-ring (bicyclic) bond motifs is 1. The van der Waals surface area contributed by atoms with Crippen LogP contribution in [0.4, 0.5) is 4.39 Å². The molecular formula is C23H19FN3O6PS2. The molecule has 0 spiro atoms. The Hall–Kier alpha value is -3.17. The molecule has 0 bridgehead atoms. The van der Waals surface area contributed by atoms with Crippen LogP contribution in [0.2, 0.25) is 0 Å². The summed E-state index contributed by atoms with van der Waals surface area (Å²) in [5.74, 6) is -2.67. The molecule has 0 aliphatic rings. The first-order valence-electron chi connectivity index (χ1n) is 10.4. The van der Waals surface area contributed by atoms with Gasteiger partial charge in [-0.05, 0) is 47.3 Å². The number of nitriles is 1. The quantitative estimate of drug-likeness (QED) is 0.242. The van der Waals surface area contributed by atoms with E-state index in [1.807, 2.05) is 39.9 Å². The van der Waals surface area contributed by atoms with Gasteiger partial charge in [-0.1, -0.05) is 12.1 Å². The maximum absolute atomic E-state index is 14.0. The molecule has 2 unspecified atom stereocenters. The fraction of sp³-hybridized carbons (Fsp3) is 0.130. The van der Waals surface area contributed by atoms with Gasteiger partial charge >= 0.3 is 0 Å². The lowest BCUT2D eigenvalue weighted by molar-refractivity contribution is -0.697. The van der Waals surface area contributed by atoms with Crippen LogP contribution in [0.25, 0.3) is 10.1 Å². The number of benzene rings is 2. The van der Waals surface area contributed by atoms with Crippen molar-refractivity contribution in [2.75, 3.05) is 6.61 Å². The molecular weight excluding hydrogens is 528 g/mol. The molecule has 0 amide bonds. The Morgan fingerprint density at radius 1 is 1.19 bits per heavy atom. The second-order valence-electron chi connectivity index (χ2n) is 7.67. The molecule has 0 aliphatic heterocycles. The Kier molecular flexibility index (Phi) is 7.51. The number of nitrogens with one attached hydrogen (secondary N) is 1. The van der Waals surface area contributed by atoms with Crippen molar-refractivity contribution in [1.82, 2.24) is 4.72 Å². The summed E-state index contributed by atoms with van der Waals surface area (Å²) in [6.45, 7) is 0.995. The Morgan fingerprint density at radius 2 is 1.94 bits per heavy atom. The normalized spacial score (nSPS) is 14.2. The fourth-order valence-electron chi connectivity index (χ4n) is 3.39. The van der Waals surface area contributed by atoms with Crippen LogP contribution in [0.3, 0.4) is 0 Å². The van der Waals surface area contributed by atoms with Gasteiger partial charge in [0, 0.05) is 16.8 Å². The Morgan fingerprint density at radius 3 is 2.61 bits per heavy atom. The van der Waals surface area contributed by atoms with E-state index in [0.717, 1.165) is 23.5 Å². The molecule has 0 saturated carbocycles. The first-order chi connectivity index (χ1) is 17.1. The second kappa shape index (κ2) is 10.4. The highest BCUT2D eigenvalue weighted by Crippen LogP contribution is 2.47. The third-order valence-electron chi connectivity index (χ3n) is 5.15. The summed E-state index contributed by atoms with van der Waals surface area (Å²) in [5, 5.41) is 9.41. The van der Waals surface area contributed by atoms with Crippen LogP contribution in [0, 0.1) is 17.1 Å². The molecule has 2 aromatic carbocycles. The van der Waals surface area contributed by atoms with Gasteiger partial charge in [0.2, 0.25) is 0 Å². The summed E-state index contributed by atoms with van der Waals surface area (Å²) in [6, 6.07) is 16.4. The van der Waals surface area contributed by atoms with Gasteiger partial charge in [0.25, 0.3) is 10.0 Å². The van der Waals surface area contributed by atoms with Crippen molar-refractivity contribution in [3.05, 3.63) is 90.0 Å². The van der Waals surface area contributed by atoms with E-state index in [1.165, 1.54) is 6.07 Å². The van der Waals surface area contributed by atoms with Gasteiger partial charge in [-0.2, -0.15) is 9.98 Å². The molecule has 0 saturated heterocycles. The SMILES string of the molecule is N#Cc1ccc(C(NS(=O)(=O)c2cc3cc(OCC[n+]4ccccc4)ccc3s2)P(=O)([O-])O)cc1F. The van der Waals surface area contributed by atoms with Gasteiger partial charge in [-0.15, -0.1) is 11.3 Å². The highest BCUT2D eigenvalue weighted by Gasteiger charge is 2.30. The second-order valence-corrected chi connectivity index (χ2v) is 12.3. The number of hydrogen-bond acceptors (Lipinski definition) is 7. The van der Waals surface area contributed by atoms with E-state index in [4.69, 9.17) is 10.00 Å². The van der Waals surface area contributed by atoms with Gasteiger partial charge in [0.05, 0.1) is 5.56 Å². The van der Waals surface area contributed by atoms with Crippen LogP contribution in [0.5, 0.6) is 5.75 Å². The average molecular weight is 548 g/mol. The summed E-state index contributed by atoms with van der Waals surface area (Å²) < 4.78 is 62.1. The van der Waals surface area contributed by atoms with Gasteiger partial charge in [0.1, 0.15) is 34.2 Å². The summed E-state index contributed by atoms with van der Waals surface area (Å²) in [5.41, 5.74) is -0.729. The number of halogens is 1. The molecule has 0 aliphatic carbocycles. The van der Waals surface area contributed by atoms with Crippen molar-refractivity contribution in [2.45, 2.75) is 16.5 Å². The summed E-state index contributed by atoms with van der Waals surface area (Å²) in [6.07, 6.45) is 3.81. The van der Waals surface area contributed by atoms with E-state index in [0.29, 0.717) is 35.1 Å². The lowest BCUT2D eigenvalue weighted by Crippen LogP contribution is -2.35. The fourth-order valence-corrected chi connectivity index (χ4v) is 7.33. The highest BCUT2D eigenvalue weighted by atomic mass is 32.2. The standard InChI is InChI=1S/C23H19FN3O6PS2/c24-20-13-16(4-5-17(20)15-25)23(34(28,29)30)26-36(31,32)22-14-18-12-19(6-7-21(18)35-22)33-11-10-27-8-2-1-3-9-27/h1-9,12-14,23,26H,10-11H2,(H-,28,29,30). The van der Waals surface area contributed by atoms with Crippen molar-refractivity contribution < 1.29 is 36.5 Å². The van der Waals surface area contributed by atoms with Crippen LogP contribution in [-0.4, -0.2) is 19.9 Å². The minimum Gasteiger partial charge on any atom is -0.777 e. The van der Waals surface area contributed by atoms with Gasteiger partial charge in [0.15, 0.2) is 26.5 Å². The lowest BCUT2D eigenvalue weighted by Gasteiger charge is -2.28. The number of thiophene rings is 1. The first-order valence-corrected chi connectivity index (χ1v) is 14.4. The third kappa shape index (κ3) is 5.96. The van der Waals surface area contributed by atoms with Gasteiger partial charge < -0.3 is 19.1 Å². The van der Waals surface area contributed by atoms with Crippen LogP contribution in [0.1, 0.15) is 16.9 Å². The molecule has 13 heteroatoms. The third-order valence-corrected chi connectivity index (χ3v) is 9.41. The first kappa shape index (κ1) is 25.9. The van der Waals surface area contributed by atoms with E-state index < -0.39 is 29.2 Å². The number of rotatable bonds is 9. The number of nitrogens with zero attached hydrogens (tertiary/aromatic N) is 2. The molecule has 2 aromatic heterocycles. The zero-order chi connectivity index (χ0) is 25.9. The lowest BCUT2D eigenvalue weighted by atomic mass is 10.1. The number of hydrogen-bond donors (Lipinski definition) is 2. The molecule has 4 aromatic rings. The van der Waals surface area contributed by atoms with Crippen molar-refractivity contribution in [1.29, 1.82) is 5.26 Å². The van der Waals surface area contributed by atoms with Gasteiger partial charge in [-0.3, -0.25) is 0 Å². The molecule has 2 heterocycles. The predicted molar refractivity (Wildman–Crippen MR) is 128 cm³/mol. The molecule has 0 fully saturated rings. The van der Waals surface area contributed by atoms with Crippen molar-refractivity contribution >= 4 is 39.0 Å². The predicted octanol–water partition coefficient (Wildman–Crippen LogP) is 2.80. The number of ether oxygens (including phenoxy) is 1. The molecule has 9 nitrogen and oxygen atoms in total. The maximum Gasteiger partial charge on any atom is 0.251 e. The summed E-state index contributed by atoms with van der Waals surface area (Å²) in [7, 11) is -9.79. The minimum absolute atomic E-state index is 0.206. The van der Waals surface area contributed by atoms with Crippen molar-refractivity contribution in [3.63, 3.8) is 0 Å². The highest BCUT2D eigenvalue weighted by molar-refractivity contribution is 7.92. The Labute approximate surface area is 210 Å². The van der Waals surface area contributed by atoms with Crippen molar-refractivity contribution in [2.24, 2.45) is 0 Å². The number of pyridine rings is 1. The number of aromatic nitrogens is 1. The maximum atomic E-state index is 14.0. The summed E-state index contributed by atoms with van der Waals surface area (Å²) in [4.78, 5) is 21.7. The monoisotopic (exact) mass is 547 g/mol.